The molecule has 1 aromatic rings. The summed E-state index contributed by atoms with van der Waals surface area (Å²) < 4.78 is 37.9. The Kier molecular flexibility index (Phi) is 4.15. The summed E-state index contributed by atoms with van der Waals surface area (Å²) in [5.41, 5.74) is 1.79. The molecule has 1 aliphatic heterocycles. The predicted octanol–water partition coefficient (Wildman–Crippen LogP) is 1.95. The van der Waals surface area contributed by atoms with E-state index in [1.54, 1.807) is 12.1 Å². The Labute approximate surface area is 136 Å². The van der Waals surface area contributed by atoms with Crippen molar-refractivity contribution in [3.05, 3.63) is 29.3 Å². The zero-order valence-electron chi connectivity index (χ0n) is 12.7. The van der Waals surface area contributed by atoms with Crippen molar-refractivity contribution in [1.29, 1.82) is 0 Å². The molecule has 2 aliphatic rings. The maximum atomic E-state index is 12.6. The van der Waals surface area contributed by atoms with Gasteiger partial charge in [-0.1, -0.05) is 6.07 Å². The van der Waals surface area contributed by atoms with Crippen LogP contribution in [0.5, 0.6) is 5.75 Å². The Bertz CT molecular complexity index is 675. The second-order valence-corrected chi connectivity index (χ2v) is 6.22. The minimum Gasteiger partial charge on any atom is -0.508 e. The highest BCUT2D eigenvalue weighted by Crippen LogP contribution is 2.34. The van der Waals surface area contributed by atoms with Gasteiger partial charge in [-0.15, -0.1) is 0 Å². The van der Waals surface area contributed by atoms with Gasteiger partial charge in [0, 0.05) is 0 Å². The van der Waals surface area contributed by atoms with Crippen molar-refractivity contribution < 1.29 is 27.9 Å². The number of aryl methyl sites for hydroxylation is 1. The van der Waals surface area contributed by atoms with E-state index >= 15 is 0 Å². The lowest BCUT2D eigenvalue weighted by Crippen LogP contribution is -2.54. The van der Waals surface area contributed by atoms with Crippen LogP contribution in [-0.2, 0) is 16.0 Å². The molecule has 5 nitrogen and oxygen atoms in total. The van der Waals surface area contributed by atoms with Gasteiger partial charge < -0.3 is 15.7 Å². The molecule has 0 radical (unpaired) electrons. The van der Waals surface area contributed by atoms with Crippen molar-refractivity contribution in [2.75, 3.05) is 0 Å². The summed E-state index contributed by atoms with van der Waals surface area (Å²) in [5.74, 6) is -2.40. The van der Waals surface area contributed by atoms with Crippen LogP contribution in [0.2, 0.25) is 0 Å². The van der Waals surface area contributed by atoms with Gasteiger partial charge in [-0.05, 0) is 48.9 Å². The number of benzene rings is 1. The molecule has 1 aliphatic carbocycles. The summed E-state index contributed by atoms with van der Waals surface area (Å²) in [6, 6.07) is 2.68. The number of fused-ring (bicyclic) bond motifs is 1. The first-order valence-corrected chi connectivity index (χ1v) is 7.75. The molecule has 1 heterocycles. The van der Waals surface area contributed by atoms with E-state index in [4.69, 9.17) is 0 Å². The third-order valence-corrected chi connectivity index (χ3v) is 4.61. The van der Waals surface area contributed by atoms with Crippen LogP contribution in [0.4, 0.5) is 13.2 Å². The Balaban J connectivity index is 1.64. The lowest BCUT2D eigenvalue weighted by atomic mass is 9.92. The fraction of sp³-hybridized carbons (Fsp3) is 0.500. The molecule has 3 rings (SSSR count). The van der Waals surface area contributed by atoms with Crippen LogP contribution in [0.1, 0.15) is 36.4 Å². The summed E-state index contributed by atoms with van der Waals surface area (Å²) in [4.78, 5) is 24.1. The second kappa shape index (κ2) is 5.99. The first kappa shape index (κ1) is 16.6. The molecule has 3 atom stereocenters. The van der Waals surface area contributed by atoms with Crippen molar-refractivity contribution in [3.63, 3.8) is 0 Å². The molecule has 1 saturated heterocycles. The number of aromatic hydroxyl groups is 1. The zero-order chi connectivity index (χ0) is 17.5. The highest BCUT2D eigenvalue weighted by atomic mass is 19.4. The van der Waals surface area contributed by atoms with Gasteiger partial charge in [0.05, 0.1) is 6.04 Å². The van der Waals surface area contributed by atoms with Gasteiger partial charge in [0.2, 0.25) is 11.8 Å². The summed E-state index contributed by atoms with van der Waals surface area (Å²) in [5, 5.41) is 14.1. The summed E-state index contributed by atoms with van der Waals surface area (Å²) >= 11 is 0. The number of halogens is 3. The fourth-order valence-electron chi connectivity index (χ4n) is 3.33. The molecule has 0 saturated carbocycles. The van der Waals surface area contributed by atoms with Gasteiger partial charge in [-0.25, -0.2) is 0 Å². The topological polar surface area (TPSA) is 78.4 Å². The first-order chi connectivity index (χ1) is 11.3. The zero-order valence-corrected chi connectivity index (χ0v) is 12.7. The quantitative estimate of drug-likeness (QED) is 0.719. The first-order valence-electron chi connectivity index (χ1n) is 7.75. The van der Waals surface area contributed by atoms with Crippen LogP contribution >= 0.6 is 0 Å². The van der Waals surface area contributed by atoms with E-state index in [2.05, 4.69) is 5.32 Å². The van der Waals surface area contributed by atoms with Crippen LogP contribution in [0, 0.1) is 5.92 Å². The molecule has 1 aromatic carbocycles. The maximum absolute atomic E-state index is 12.6. The third kappa shape index (κ3) is 3.18. The number of amides is 2. The van der Waals surface area contributed by atoms with Crippen molar-refractivity contribution in [2.45, 2.75) is 43.9 Å². The monoisotopic (exact) mass is 342 g/mol. The molecule has 24 heavy (non-hydrogen) atoms. The van der Waals surface area contributed by atoms with Gasteiger partial charge in [-0.2, -0.15) is 13.2 Å². The van der Waals surface area contributed by atoms with E-state index in [1.165, 1.54) is 6.07 Å². The molecule has 2 amide bonds. The van der Waals surface area contributed by atoms with Gasteiger partial charge in [0.15, 0.2) is 0 Å². The summed E-state index contributed by atoms with van der Waals surface area (Å²) in [6.45, 7) is 0. The molecule has 0 spiro atoms. The second-order valence-electron chi connectivity index (χ2n) is 6.22. The van der Waals surface area contributed by atoms with Crippen LogP contribution < -0.4 is 10.6 Å². The molecule has 0 aromatic heterocycles. The van der Waals surface area contributed by atoms with Gasteiger partial charge >= 0.3 is 6.18 Å². The minimum absolute atomic E-state index is 0.128. The third-order valence-electron chi connectivity index (χ3n) is 4.61. The predicted molar refractivity (Wildman–Crippen MR) is 78.0 cm³/mol. The van der Waals surface area contributed by atoms with Gasteiger partial charge in [0.1, 0.15) is 17.7 Å². The number of piperidine rings is 1. The maximum Gasteiger partial charge on any atom is 0.408 e. The molecule has 8 heteroatoms. The molecule has 3 N–H and O–H groups in total. The number of phenolic OH excluding ortho intramolecular Hbond substituents is 1. The molecular weight excluding hydrogens is 325 g/mol. The Morgan fingerprint density at radius 2 is 2.00 bits per heavy atom. The van der Waals surface area contributed by atoms with Crippen LogP contribution in [-0.4, -0.2) is 29.1 Å². The number of phenols is 1. The fourth-order valence-corrected chi connectivity index (χ4v) is 3.33. The highest BCUT2D eigenvalue weighted by molar-refractivity contribution is 6.01. The molecule has 1 fully saturated rings. The number of rotatable bonds is 2. The number of alkyl halides is 3. The van der Waals surface area contributed by atoms with E-state index in [1.807, 2.05) is 5.32 Å². The average Bonchev–Trinajstić information content (AvgIpc) is 2.88. The van der Waals surface area contributed by atoms with E-state index < -0.39 is 30.0 Å². The smallest absolute Gasteiger partial charge is 0.408 e. The standard InChI is InChI=1S/C16H17F3N2O3/c17-16(18,19)13-6-4-11(15(24)21-13)14(23)20-12-5-1-8-7-9(22)2-3-10(8)12/h2-3,7,11-13,22H,1,4-6H2,(H,20,23)(H,21,24). The van der Waals surface area contributed by atoms with Crippen LogP contribution in [0.25, 0.3) is 0 Å². The van der Waals surface area contributed by atoms with E-state index in [0.717, 1.165) is 11.1 Å². The Hall–Kier alpha value is -2.25. The lowest BCUT2D eigenvalue weighted by Gasteiger charge is -2.30. The summed E-state index contributed by atoms with van der Waals surface area (Å²) in [6.07, 6.45) is -3.62. The largest absolute Gasteiger partial charge is 0.508 e. The average molecular weight is 342 g/mol. The Morgan fingerprint density at radius 1 is 1.25 bits per heavy atom. The number of carbonyl (C=O) groups excluding carboxylic acids is 2. The molecule has 3 unspecified atom stereocenters. The van der Waals surface area contributed by atoms with Crippen molar-refractivity contribution >= 4 is 11.8 Å². The normalized spacial score (nSPS) is 26.6. The van der Waals surface area contributed by atoms with E-state index in [-0.39, 0.29) is 24.6 Å². The minimum atomic E-state index is -4.50. The molecule has 130 valence electrons. The number of hydrogen-bond donors (Lipinski definition) is 3. The highest BCUT2D eigenvalue weighted by Gasteiger charge is 2.46. The van der Waals surface area contributed by atoms with Gasteiger partial charge in [-0.3, -0.25) is 9.59 Å². The van der Waals surface area contributed by atoms with E-state index in [0.29, 0.717) is 12.8 Å². The Morgan fingerprint density at radius 3 is 2.67 bits per heavy atom. The number of hydrogen-bond acceptors (Lipinski definition) is 3. The molecule has 0 bridgehead atoms. The van der Waals surface area contributed by atoms with Crippen molar-refractivity contribution in [1.82, 2.24) is 10.6 Å². The molecular formula is C16H17F3N2O3. The SMILES string of the molecule is O=C(NC1CCc2cc(O)ccc21)C1CCC(C(F)(F)F)NC1=O. The lowest BCUT2D eigenvalue weighted by molar-refractivity contribution is -0.171. The summed E-state index contributed by atoms with van der Waals surface area (Å²) in [7, 11) is 0. The van der Waals surface area contributed by atoms with Crippen LogP contribution in [0.15, 0.2) is 18.2 Å². The number of carbonyl (C=O) groups is 2. The van der Waals surface area contributed by atoms with Crippen molar-refractivity contribution in [3.8, 4) is 5.75 Å². The van der Waals surface area contributed by atoms with Gasteiger partial charge in [0.25, 0.3) is 0 Å². The van der Waals surface area contributed by atoms with Crippen LogP contribution in [0.3, 0.4) is 0 Å². The van der Waals surface area contributed by atoms with E-state index in [9.17, 15) is 27.9 Å². The number of nitrogens with one attached hydrogen (secondary N) is 2. The van der Waals surface area contributed by atoms with Crippen molar-refractivity contribution in [2.24, 2.45) is 5.92 Å².